The van der Waals surface area contributed by atoms with Crippen LogP contribution in [0.1, 0.15) is 11.1 Å². The molecule has 162 valence electrons. The van der Waals surface area contributed by atoms with Crippen molar-refractivity contribution in [1.82, 2.24) is 0 Å². The van der Waals surface area contributed by atoms with Crippen molar-refractivity contribution in [2.24, 2.45) is 7.05 Å². The van der Waals surface area contributed by atoms with Gasteiger partial charge in [-0.15, -0.1) is 0 Å². The lowest BCUT2D eigenvalue weighted by molar-refractivity contribution is -0.659. The topological polar surface area (TPSA) is 3.88 Å². The van der Waals surface area contributed by atoms with E-state index in [-0.39, 0.29) is 5.82 Å². The summed E-state index contributed by atoms with van der Waals surface area (Å²) in [6.07, 6.45) is 2.30. The maximum absolute atomic E-state index is 13.8. The molecule has 0 unspecified atom stereocenters. The second-order valence-electron chi connectivity index (χ2n) is 9.70. The SMILES string of the molecule is Cc1cc(-c2ccccc2)ccc1-c1cc(-c2ccc(F)cc2C)[n+](C)cc1[Si](C)(C)C. The van der Waals surface area contributed by atoms with E-state index < -0.39 is 8.07 Å². The fourth-order valence-electron chi connectivity index (χ4n) is 4.43. The van der Waals surface area contributed by atoms with Crippen molar-refractivity contribution in [2.75, 3.05) is 0 Å². The minimum Gasteiger partial charge on any atom is -0.207 e. The Hall–Kier alpha value is -3.04. The molecule has 0 atom stereocenters. The third-order valence-corrected chi connectivity index (χ3v) is 8.18. The number of rotatable bonds is 4. The van der Waals surface area contributed by atoms with Gasteiger partial charge in [-0.2, -0.15) is 0 Å². The molecule has 0 saturated heterocycles. The zero-order valence-corrected chi connectivity index (χ0v) is 20.8. The molecule has 0 saturated carbocycles. The lowest BCUT2D eigenvalue weighted by Crippen LogP contribution is -2.46. The third-order valence-electron chi connectivity index (χ3n) is 6.17. The van der Waals surface area contributed by atoms with E-state index in [4.69, 9.17) is 0 Å². The number of hydrogen-bond donors (Lipinski definition) is 0. The van der Waals surface area contributed by atoms with Gasteiger partial charge in [0.2, 0.25) is 5.69 Å². The molecule has 4 rings (SSSR count). The first-order chi connectivity index (χ1) is 15.1. The number of aromatic nitrogens is 1. The van der Waals surface area contributed by atoms with Gasteiger partial charge >= 0.3 is 0 Å². The van der Waals surface area contributed by atoms with Gasteiger partial charge in [-0.1, -0.05) is 68.2 Å². The molecule has 0 N–H and O–H groups in total. The second kappa shape index (κ2) is 8.48. The molecule has 0 aliphatic carbocycles. The van der Waals surface area contributed by atoms with Gasteiger partial charge in [-0.3, -0.25) is 0 Å². The summed E-state index contributed by atoms with van der Waals surface area (Å²) < 4.78 is 16.0. The fourth-order valence-corrected chi connectivity index (χ4v) is 6.02. The summed E-state index contributed by atoms with van der Waals surface area (Å²) in [6.45, 7) is 11.4. The number of pyridine rings is 1. The molecule has 1 aromatic heterocycles. The summed E-state index contributed by atoms with van der Waals surface area (Å²) in [4.78, 5) is 0. The lowest BCUT2D eigenvalue weighted by Gasteiger charge is -2.22. The Labute approximate surface area is 192 Å². The summed E-state index contributed by atoms with van der Waals surface area (Å²) in [6, 6.07) is 24.6. The molecule has 0 spiro atoms. The minimum atomic E-state index is -1.62. The summed E-state index contributed by atoms with van der Waals surface area (Å²) in [5, 5.41) is 1.43. The number of aryl methyl sites for hydroxylation is 3. The standard InChI is InChI=1S/C29H31FNSi/c1-20-16-23(22-10-8-7-9-11-22)12-14-25(20)27-18-28(26-15-13-24(30)17-21(26)2)31(3)19-29(27)32(4,5)6/h7-19H,1-6H3/q+1. The zero-order valence-electron chi connectivity index (χ0n) is 19.8. The van der Waals surface area contributed by atoms with Crippen molar-refractivity contribution in [2.45, 2.75) is 33.5 Å². The molecule has 3 aromatic carbocycles. The first-order valence-corrected chi connectivity index (χ1v) is 14.6. The van der Waals surface area contributed by atoms with E-state index in [2.05, 4.69) is 92.9 Å². The van der Waals surface area contributed by atoms with Gasteiger partial charge < -0.3 is 0 Å². The molecular weight excluding hydrogens is 409 g/mol. The molecule has 1 nitrogen and oxygen atoms in total. The Morgan fingerprint density at radius 1 is 0.688 bits per heavy atom. The molecule has 1 heterocycles. The molecular formula is C29H31FNSi+. The monoisotopic (exact) mass is 440 g/mol. The highest BCUT2D eigenvalue weighted by molar-refractivity contribution is 6.89. The van der Waals surface area contributed by atoms with Crippen molar-refractivity contribution in [3.63, 3.8) is 0 Å². The van der Waals surface area contributed by atoms with Crippen LogP contribution in [-0.2, 0) is 7.05 Å². The number of halogens is 1. The van der Waals surface area contributed by atoms with Gasteiger partial charge in [0.25, 0.3) is 0 Å². The van der Waals surface area contributed by atoms with Crippen LogP contribution >= 0.6 is 0 Å². The van der Waals surface area contributed by atoms with E-state index in [1.54, 1.807) is 12.1 Å². The predicted molar refractivity (Wildman–Crippen MR) is 136 cm³/mol. The Balaban J connectivity index is 1.93. The van der Waals surface area contributed by atoms with Crippen LogP contribution < -0.4 is 9.75 Å². The van der Waals surface area contributed by atoms with E-state index in [9.17, 15) is 4.39 Å². The third kappa shape index (κ3) is 4.30. The zero-order chi connectivity index (χ0) is 23.0. The van der Waals surface area contributed by atoms with Crippen molar-refractivity contribution in [3.05, 3.63) is 95.9 Å². The molecule has 32 heavy (non-hydrogen) atoms. The number of hydrogen-bond acceptors (Lipinski definition) is 0. The lowest BCUT2D eigenvalue weighted by atomic mass is 9.94. The summed E-state index contributed by atoms with van der Waals surface area (Å²) >= 11 is 0. The van der Waals surface area contributed by atoms with Crippen LogP contribution in [0.5, 0.6) is 0 Å². The highest BCUT2D eigenvalue weighted by atomic mass is 28.3. The van der Waals surface area contributed by atoms with Crippen molar-refractivity contribution >= 4 is 13.3 Å². The van der Waals surface area contributed by atoms with E-state index >= 15 is 0 Å². The number of nitrogens with zero attached hydrogens (tertiary/aromatic N) is 1. The quantitative estimate of drug-likeness (QED) is 0.242. The molecule has 0 aliphatic rings. The predicted octanol–water partition coefficient (Wildman–Crippen LogP) is 6.81. The molecule has 4 aromatic rings. The van der Waals surface area contributed by atoms with E-state index in [0.717, 1.165) is 16.8 Å². The van der Waals surface area contributed by atoms with Crippen LogP contribution in [0.15, 0.2) is 79.0 Å². The average molecular weight is 441 g/mol. The molecule has 0 bridgehead atoms. The Bertz CT molecular complexity index is 1290. The van der Waals surface area contributed by atoms with Crippen LogP contribution in [0.25, 0.3) is 33.5 Å². The first kappa shape index (κ1) is 22.2. The van der Waals surface area contributed by atoms with E-state index in [1.807, 2.05) is 19.1 Å². The normalized spacial score (nSPS) is 11.6. The van der Waals surface area contributed by atoms with Crippen molar-refractivity contribution < 1.29 is 8.96 Å². The van der Waals surface area contributed by atoms with Gasteiger partial charge in [0.1, 0.15) is 12.9 Å². The molecule has 0 fully saturated rings. The first-order valence-electron chi connectivity index (χ1n) is 11.1. The highest BCUT2D eigenvalue weighted by Gasteiger charge is 2.27. The van der Waals surface area contributed by atoms with Crippen LogP contribution in [0.3, 0.4) is 0 Å². The summed E-state index contributed by atoms with van der Waals surface area (Å²) in [5.74, 6) is -0.194. The molecule has 0 aliphatic heterocycles. The number of benzene rings is 3. The second-order valence-corrected chi connectivity index (χ2v) is 14.7. The van der Waals surface area contributed by atoms with Gasteiger partial charge in [0, 0.05) is 16.8 Å². The average Bonchev–Trinajstić information content (AvgIpc) is 2.74. The summed E-state index contributed by atoms with van der Waals surface area (Å²) in [5.41, 5.74) is 9.40. The van der Waals surface area contributed by atoms with Crippen LogP contribution in [0, 0.1) is 19.7 Å². The van der Waals surface area contributed by atoms with Gasteiger partial charge in [-0.25, -0.2) is 8.96 Å². The largest absolute Gasteiger partial charge is 0.213 e. The van der Waals surface area contributed by atoms with Gasteiger partial charge in [-0.05, 0) is 65.4 Å². The molecule has 0 radical (unpaired) electrons. The van der Waals surface area contributed by atoms with Crippen LogP contribution in [-0.4, -0.2) is 8.07 Å². The van der Waals surface area contributed by atoms with E-state index in [1.165, 1.54) is 33.0 Å². The summed E-state index contributed by atoms with van der Waals surface area (Å²) in [7, 11) is 0.474. The van der Waals surface area contributed by atoms with Crippen molar-refractivity contribution in [1.29, 1.82) is 0 Å². The maximum atomic E-state index is 13.8. The Kier molecular flexibility index (Phi) is 5.87. The van der Waals surface area contributed by atoms with Gasteiger partial charge in [0.05, 0.1) is 8.07 Å². The van der Waals surface area contributed by atoms with E-state index in [0.29, 0.717) is 0 Å². The van der Waals surface area contributed by atoms with Crippen molar-refractivity contribution in [3.8, 4) is 33.5 Å². The van der Waals surface area contributed by atoms with Crippen LogP contribution in [0.4, 0.5) is 4.39 Å². The Morgan fingerprint density at radius 3 is 1.97 bits per heavy atom. The minimum absolute atomic E-state index is 0.194. The van der Waals surface area contributed by atoms with Gasteiger partial charge in [0.15, 0.2) is 6.20 Å². The molecule has 0 amide bonds. The van der Waals surface area contributed by atoms with Crippen LogP contribution in [0.2, 0.25) is 19.6 Å². The molecule has 3 heteroatoms. The fraction of sp³-hybridized carbons (Fsp3) is 0.207. The Morgan fingerprint density at radius 2 is 1.34 bits per heavy atom. The maximum Gasteiger partial charge on any atom is 0.213 e. The smallest absolute Gasteiger partial charge is 0.207 e. The highest BCUT2D eigenvalue weighted by Crippen LogP contribution is 2.31.